The molecule has 2 aromatic heterocycles. The highest BCUT2D eigenvalue weighted by molar-refractivity contribution is 7.13. The molecule has 0 bridgehead atoms. The molecule has 3 aromatic rings. The van der Waals surface area contributed by atoms with Crippen LogP contribution in [0.1, 0.15) is 31.8 Å². The molecule has 7 nitrogen and oxygen atoms in total. The molecule has 0 spiro atoms. The quantitative estimate of drug-likeness (QED) is 0.709. The molecular formula is C16H16N4O3S. The molecular weight excluding hydrogens is 328 g/mol. The number of H-pyrrole nitrogens is 1. The normalized spacial score (nSPS) is 10.7. The van der Waals surface area contributed by atoms with Gasteiger partial charge in [-0.1, -0.05) is 35.5 Å². The minimum Gasteiger partial charge on any atom is -0.351 e. The van der Waals surface area contributed by atoms with Crippen LogP contribution < -0.4 is 11.1 Å². The number of rotatable bonds is 6. The SMILES string of the molecule is Cc1nc(Cc2ccccc2)sc1C(=O)NCCc1noc(=O)[nH]1. The van der Waals surface area contributed by atoms with E-state index in [1.165, 1.54) is 11.3 Å². The summed E-state index contributed by atoms with van der Waals surface area (Å²) in [5.74, 6) is -0.360. The second kappa shape index (κ2) is 7.22. The molecule has 3 rings (SSSR count). The van der Waals surface area contributed by atoms with Gasteiger partial charge < -0.3 is 5.32 Å². The summed E-state index contributed by atoms with van der Waals surface area (Å²) in [6, 6.07) is 10.0. The molecule has 0 atom stereocenters. The van der Waals surface area contributed by atoms with Gasteiger partial charge in [-0.05, 0) is 12.5 Å². The van der Waals surface area contributed by atoms with E-state index in [1.54, 1.807) is 0 Å². The van der Waals surface area contributed by atoms with Crippen molar-refractivity contribution in [3.8, 4) is 0 Å². The van der Waals surface area contributed by atoms with Gasteiger partial charge >= 0.3 is 5.76 Å². The number of hydrogen-bond donors (Lipinski definition) is 2. The number of amides is 1. The largest absolute Gasteiger partial charge is 0.438 e. The summed E-state index contributed by atoms with van der Waals surface area (Å²) in [6.45, 7) is 2.18. The Kier molecular flexibility index (Phi) is 4.85. The molecule has 8 heteroatoms. The number of hydrogen-bond acceptors (Lipinski definition) is 6. The van der Waals surface area contributed by atoms with E-state index in [-0.39, 0.29) is 5.91 Å². The number of carbonyl (C=O) groups is 1. The van der Waals surface area contributed by atoms with Crippen LogP contribution in [-0.4, -0.2) is 27.6 Å². The summed E-state index contributed by atoms with van der Waals surface area (Å²) in [6.07, 6.45) is 1.10. The summed E-state index contributed by atoms with van der Waals surface area (Å²) < 4.78 is 4.40. The fourth-order valence-electron chi connectivity index (χ4n) is 2.25. The van der Waals surface area contributed by atoms with Crippen LogP contribution in [0.4, 0.5) is 0 Å². The summed E-state index contributed by atoms with van der Waals surface area (Å²) in [5, 5.41) is 7.26. The van der Waals surface area contributed by atoms with E-state index in [4.69, 9.17) is 0 Å². The fraction of sp³-hybridized carbons (Fsp3) is 0.250. The third kappa shape index (κ3) is 3.96. The number of nitrogens with one attached hydrogen (secondary N) is 2. The van der Waals surface area contributed by atoms with Crippen LogP contribution in [0.15, 0.2) is 39.6 Å². The zero-order valence-electron chi connectivity index (χ0n) is 13.0. The van der Waals surface area contributed by atoms with Crippen molar-refractivity contribution in [2.75, 3.05) is 6.54 Å². The molecule has 0 saturated carbocycles. The second-order valence-corrected chi connectivity index (χ2v) is 6.32. The van der Waals surface area contributed by atoms with Gasteiger partial charge in [0.05, 0.1) is 10.7 Å². The third-order valence-electron chi connectivity index (χ3n) is 3.38. The molecule has 1 amide bonds. The van der Waals surface area contributed by atoms with Gasteiger partial charge in [0.15, 0.2) is 5.82 Å². The Morgan fingerprint density at radius 1 is 1.33 bits per heavy atom. The van der Waals surface area contributed by atoms with Crippen LogP contribution in [-0.2, 0) is 12.8 Å². The van der Waals surface area contributed by atoms with E-state index < -0.39 is 5.76 Å². The zero-order chi connectivity index (χ0) is 16.9. The maximum atomic E-state index is 12.3. The average molecular weight is 344 g/mol. The monoisotopic (exact) mass is 344 g/mol. The molecule has 0 unspecified atom stereocenters. The Morgan fingerprint density at radius 2 is 2.12 bits per heavy atom. The molecule has 0 aliphatic heterocycles. The first-order valence-corrected chi connectivity index (χ1v) is 8.27. The summed E-state index contributed by atoms with van der Waals surface area (Å²) in [7, 11) is 0. The lowest BCUT2D eigenvalue weighted by Crippen LogP contribution is -2.25. The molecule has 2 heterocycles. The van der Waals surface area contributed by atoms with Crippen LogP contribution in [0, 0.1) is 6.92 Å². The molecule has 0 aliphatic rings. The maximum Gasteiger partial charge on any atom is 0.438 e. The van der Waals surface area contributed by atoms with Crippen molar-refractivity contribution in [3.05, 3.63) is 67.8 Å². The van der Waals surface area contributed by atoms with E-state index in [1.807, 2.05) is 37.3 Å². The number of aromatic amines is 1. The number of nitrogens with zero attached hydrogens (tertiary/aromatic N) is 2. The highest BCUT2D eigenvalue weighted by Gasteiger charge is 2.15. The Hall–Kier alpha value is -2.74. The van der Waals surface area contributed by atoms with Crippen molar-refractivity contribution >= 4 is 17.2 Å². The van der Waals surface area contributed by atoms with Crippen molar-refractivity contribution in [2.24, 2.45) is 0 Å². The van der Waals surface area contributed by atoms with Crippen LogP contribution in [0.3, 0.4) is 0 Å². The van der Waals surface area contributed by atoms with Crippen molar-refractivity contribution < 1.29 is 9.32 Å². The topological polar surface area (TPSA) is 101 Å². The number of benzene rings is 1. The van der Waals surface area contributed by atoms with Gasteiger partial charge in [-0.25, -0.2) is 9.78 Å². The van der Waals surface area contributed by atoms with Gasteiger partial charge in [-0.2, -0.15) is 0 Å². The molecule has 0 aliphatic carbocycles. The lowest BCUT2D eigenvalue weighted by molar-refractivity contribution is 0.0957. The molecule has 0 saturated heterocycles. The Morgan fingerprint density at radius 3 is 2.83 bits per heavy atom. The Bertz CT molecular complexity index is 882. The summed E-state index contributed by atoms with van der Waals surface area (Å²) in [5.41, 5.74) is 1.88. The maximum absolute atomic E-state index is 12.3. The lowest BCUT2D eigenvalue weighted by atomic mass is 10.2. The van der Waals surface area contributed by atoms with Crippen LogP contribution in [0.25, 0.3) is 0 Å². The van der Waals surface area contributed by atoms with Gasteiger partial charge in [0.2, 0.25) is 0 Å². The first kappa shape index (κ1) is 16.1. The molecule has 124 valence electrons. The third-order valence-corrected chi connectivity index (χ3v) is 4.53. The average Bonchev–Trinajstić information content (AvgIpc) is 3.14. The van der Waals surface area contributed by atoms with E-state index in [0.29, 0.717) is 30.1 Å². The molecule has 2 N–H and O–H groups in total. The van der Waals surface area contributed by atoms with Crippen molar-refractivity contribution in [2.45, 2.75) is 19.8 Å². The minimum absolute atomic E-state index is 0.171. The van der Waals surface area contributed by atoms with E-state index in [2.05, 4.69) is 25.0 Å². The molecule has 0 radical (unpaired) electrons. The van der Waals surface area contributed by atoms with Crippen molar-refractivity contribution in [1.29, 1.82) is 0 Å². The van der Waals surface area contributed by atoms with Crippen LogP contribution in [0.5, 0.6) is 0 Å². The smallest absolute Gasteiger partial charge is 0.351 e. The molecule has 0 fully saturated rings. The predicted molar refractivity (Wildman–Crippen MR) is 89.3 cm³/mol. The number of aryl methyl sites for hydroxylation is 1. The van der Waals surface area contributed by atoms with E-state index >= 15 is 0 Å². The summed E-state index contributed by atoms with van der Waals surface area (Å²) >= 11 is 1.40. The molecule has 1 aromatic carbocycles. The Labute approximate surface area is 141 Å². The number of thiazole rings is 1. The van der Waals surface area contributed by atoms with Crippen molar-refractivity contribution in [1.82, 2.24) is 20.4 Å². The minimum atomic E-state index is -0.597. The fourth-order valence-corrected chi connectivity index (χ4v) is 3.27. The van der Waals surface area contributed by atoms with E-state index in [9.17, 15) is 9.59 Å². The predicted octanol–water partition coefficient (Wildman–Crippen LogP) is 1.69. The highest BCUT2D eigenvalue weighted by atomic mass is 32.1. The lowest BCUT2D eigenvalue weighted by Gasteiger charge is -2.01. The first-order chi connectivity index (χ1) is 11.6. The van der Waals surface area contributed by atoms with Crippen LogP contribution in [0.2, 0.25) is 0 Å². The standard InChI is InChI=1S/C16H16N4O3S/c1-10-14(15(21)17-8-7-12-19-16(22)23-20-12)24-13(18-10)9-11-5-3-2-4-6-11/h2-6H,7-9H2,1H3,(H,17,21)(H,19,20,22). The first-order valence-electron chi connectivity index (χ1n) is 7.45. The van der Waals surface area contributed by atoms with Gasteiger partial charge in [-0.15, -0.1) is 11.3 Å². The van der Waals surface area contributed by atoms with Gasteiger partial charge in [0, 0.05) is 19.4 Å². The number of carbonyl (C=O) groups excluding carboxylic acids is 1. The molecule has 24 heavy (non-hydrogen) atoms. The Balaban J connectivity index is 1.59. The van der Waals surface area contributed by atoms with Gasteiger partial charge in [0.1, 0.15) is 4.88 Å². The van der Waals surface area contributed by atoms with Gasteiger partial charge in [0.25, 0.3) is 5.91 Å². The zero-order valence-corrected chi connectivity index (χ0v) is 13.9. The second-order valence-electron chi connectivity index (χ2n) is 5.23. The van der Waals surface area contributed by atoms with Crippen molar-refractivity contribution in [3.63, 3.8) is 0 Å². The van der Waals surface area contributed by atoms with E-state index in [0.717, 1.165) is 16.3 Å². The summed E-state index contributed by atoms with van der Waals surface area (Å²) in [4.78, 5) is 30.6. The van der Waals surface area contributed by atoms with Gasteiger partial charge in [-0.3, -0.25) is 14.3 Å². The van der Waals surface area contributed by atoms with Crippen LogP contribution >= 0.6 is 11.3 Å². The highest BCUT2D eigenvalue weighted by Crippen LogP contribution is 2.20. The number of aromatic nitrogens is 3.